The molecule has 2 aromatic heterocycles. The standard InChI is InChI=1S/C28H34N6O2/c29-24-10-2-1-9-23(24)27(35)30-15-5-6-16-33-17-13-21(14-18-33)31-28-32-25-11-3-4-12-26(25)34(28)20-22-8-7-19-36-22/h1-4,7-12,19,21H,5-6,13-18,20,29H2,(H,30,35)(H,31,32). The molecule has 36 heavy (non-hydrogen) atoms. The second-order valence-electron chi connectivity index (χ2n) is 9.40. The molecule has 1 amide bonds. The number of likely N-dealkylation sites (tertiary alicyclic amines) is 1. The molecular formula is C28H34N6O2. The van der Waals surface area contributed by atoms with Gasteiger partial charge >= 0.3 is 0 Å². The number of carbonyl (C=O) groups is 1. The summed E-state index contributed by atoms with van der Waals surface area (Å²) in [5.41, 5.74) is 9.05. The lowest BCUT2D eigenvalue weighted by Crippen LogP contribution is -2.40. The number of nitrogens with one attached hydrogen (secondary N) is 2. The van der Waals surface area contributed by atoms with Gasteiger partial charge in [0.25, 0.3) is 5.91 Å². The first kappa shape index (κ1) is 23.9. The quantitative estimate of drug-likeness (QED) is 0.228. The summed E-state index contributed by atoms with van der Waals surface area (Å²) in [6.07, 6.45) is 5.88. The summed E-state index contributed by atoms with van der Waals surface area (Å²) in [5.74, 6) is 1.72. The zero-order valence-corrected chi connectivity index (χ0v) is 20.5. The number of aromatic nitrogens is 2. The Kier molecular flexibility index (Phi) is 7.52. The molecule has 188 valence electrons. The summed E-state index contributed by atoms with van der Waals surface area (Å²) in [7, 11) is 0. The summed E-state index contributed by atoms with van der Waals surface area (Å²) < 4.78 is 7.80. The first-order chi connectivity index (χ1) is 17.7. The topological polar surface area (TPSA) is 101 Å². The van der Waals surface area contributed by atoms with Gasteiger partial charge in [-0.1, -0.05) is 24.3 Å². The van der Waals surface area contributed by atoms with Crippen LogP contribution in [-0.2, 0) is 6.54 Å². The van der Waals surface area contributed by atoms with Gasteiger partial charge in [0.1, 0.15) is 5.76 Å². The van der Waals surface area contributed by atoms with Crippen molar-refractivity contribution < 1.29 is 9.21 Å². The number of nitrogen functional groups attached to an aromatic ring is 1. The summed E-state index contributed by atoms with van der Waals surface area (Å²) >= 11 is 0. The molecule has 8 heteroatoms. The largest absolute Gasteiger partial charge is 0.467 e. The van der Waals surface area contributed by atoms with E-state index >= 15 is 0 Å². The Morgan fingerprint density at radius 3 is 2.64 bits per heavy atom. The molecule has 1 fully saturated rings. The summed E-state index contributed by atoms with van der Waals surface area (Å²) in [6.45, 7) is 4.48. The van der Waals surface area contributed by atoms with Crippen molar-refractivity contribution in [3.63, 3.8) is 0 Å². The third-order valence-electron chi connectivity index (χ3n) is 6.86. The zero-order valence-electron chi connectivity index (χ0n) is 20.5. The van der Waals surface area contributed by atoms with Crippen molar-refractivity contribution in [2.45, 2.75) is 38.3 Å². The number of rotatable bonds is 10. The normalized spacial score (nSPS) is 14.8. The molecular weight excluding hydrogens is 452 g/mol. The highest BCUT2D eigenvalue weighted by atomic mass is 16.3. The zero-order chi connectivity index (χ0) is 24.7. The number of hydrogen-bond acceptors (Lipinski definition) is 6. The van der Waals surface area contributed by atoms with Crippen LogP contribution in [0.3, 0.4) is 0 Å². The Morgan fingerprint density at radius 1 is 1.03 bits per heavy atom. The number of unbranched alkanes of at least 4 members (excludes halogenated alkanes) is 1. The average molecular weight is 487 g/mol. The van der Waals surface area contributed by atoms with Gasteiger partial charge in [-0.25, -0.2) is 4.98 Å². The lowest BCUT2D eigenvalue weighted by Gasteiger charge is -2.32. The molecule has 4 N–H and O–H groups in total. The van der Waals surface area contributed by atoms with Crippen LogP contribution in [-0.4, -0.2) is 52.6 Å². The third-order valence-corrected chi connectivity index (χ3v) is 6.86. The van der Waals surface area contributed by atoms with Gasteiger partial charge in [-0.05, 0) is 68.6 Å². The van der Waals surface area contributed by atoms with Crippen LogP contribution in [0.25, 0.3) is 11.0 Å². The number of nitrogens with zero attached hydrogens (tertiary/aromatic N) is 3. The molecule has 0 atom stereocenters. The van der Waals surface area contributed by atoms with E-state index in [0.29, 0.717) is 30.4 Å². The van der Waals surface area contributed by atoms with E-state index in [4.69, 9.17) is 15.1 Å². The fourth-order valence-electron chi connectivity index (χ4n) is 4.85. The lowest BCUT2D eigenvalue weighted by atomic mass is 10.0. The van der Waals surface area contributed by atoms with Gasteiger partial charge in [0.05, 0.1) is 29.4 Å². The van der Waals surface area contributed by atoms with Crippen molar-refractivity contribution in [1.82, 2.24) is 19.8 Å². The van der Waals surface area contributed by atoms with Crippen LogP contribution in [0.1, 0.15) is 41.8 Å². The van der Waals surface area contributed by atoms with E-state index in [1.807, 2.05) is 36.4 Å². The SMILES string of the molecule is Nc1ccccc1C(=O)NCCCCN1CCC(Nc2nc3ccccc3n2Cc2ccco2)CC1. The fraction of sp³-hybridized carbons (Fsp3) is 0.357. The van der Waals surface area contributed by atoms with E-state index < -0.39 is 0 Å². The number of amides is 1. The average Bonchev–Trinajstić information content (AvgIpc) is 3.53. The number of anilines is 2. The van der Waals surface area contributed by atoms with Crippen LogP contribution < -0.4 is 16.4 Å². The maximum Gasteiger partial charge on any atom is 0.253 e. The predicted molar refractivity (Wildman–Crippen MR) is 143 cm³/mol. The highest BCUT2D eigenvalue weighted by Gasteiger charge is 2.21. The van der Waals surface area contributed by atoms with E-state index in [9.17, 15) is 4.79 Å². The minimum absolute atomic E-state index is 0.0990. The number of imidazole rings is 1. The summed E-state index contributed by atoms with van der Waals surface area (Å²) in [4.78, 5) is 19.7. The maximum atomic E-state index is 12.3. The predicted octanol–water partition coefficient (Wildman–Crippen LogP) is 4.35. The van der Waals surface area contributed by atoms with Gasteiger partial charge in [-0.2, -0.15) is 0 Å². The number of furan rings is 1. The van der Waals surface area contributed by atoms with E-state index in [2.05, 4.69) is 32.2 Å². The minimum Gasteiger partial charge on any atom is -0.467 e. The van der Waals surface area contributed by atoms with Gasteiger partial charge in [0, 0.05) is 31.4 Å². The molecule has 0 aliphatic carbocycles. The van der Waals surface area contributed by atoms with Crippen molar-refractivity contribution in [1.29, 1.82) is 0 Å². The van der Waals surface area contributed by atoms with Gasteiger partial charge in [-0.3, -0.25) is 4.79 Å². The van der Waals surface area contributed by atoms with E-state index in [1.54, 1.807) is 18.4 Å². The Hall–Kier alpha value is -3.78. The number of piperidine rings is 1. The molecule has 4 aromatic rings. The number of nitrogens with two attached hydrogens (primary N) is 1. The maximum absolute atomic E-state index is 12.3. The van der Waals surface area contributed by atoms with Crippen LogP contribution in [0.15, 0.2) is 71.3 Å². The molecule has 0 saturated carbocycles. The Balaban J connectivity index is 1.07. The van der Waals surface area contributed by atoms with Gasteiger partial charge in [0.15, 0.2) is 0 Å². The van der Waals surface area contributed by atoms with Crippen molar-refractivity contribution in [3.8, 4) is 0 Å². The van der Waals surface area contributed by atoms with Crippen molar-refractivity contribution in [2.75, 3.05) is 37.2 Å². The number of hydrogen-bond donors (Lipinski definition) is 3. The fourth-order valence-corrected chi connectivity index (χ4v) is 4.85. The van der Waals surface area contributed by atoms with Gasteiger partial charge in [0.2, 0.25) is 5.95 Å². The Bertz CT molecular complexity index is 1270. The third kappa shape index (κ3) is 5.71. The molecule has 1 aliphatic rings. The molecule has 5 rings (SSSR count). The van der Waals surface area contributed by atoms with Gasteiger partial charge in [-0.15, -0.1) is 0 Å². The number of benzene rings is 2. The van der Waals surface area contributed by atoms with E-state index in [0.717, 1.165) is 68.1 Å². The highest BCUT2D eigenvalue weighted by molar-refractivity contribution is 5.99. The second kappa shape index (κ2) is 11.3. The minimum atomic E-state index is -0.0990. The molecule has 0 unspecified atom stereocenters. The van der Waals surface area contributed by atoms with E-state index in [-0.39, 0.29) is 5.91 Å². The Labute approximate surface area is 211 Å². The smallest absolute Gasteiger partial charge is 0.253 e. The molecule has 0 bridgehead atoms. The lowest BCUT2D eigenvalue weighted by molar-refractivity contribution is 0.0953. The van der Waals surface area contributed by atoms with Crippen LogP contribution in [0, 0.1) is 0 Å². The molecule has 1 saturated heterocycles. The molecule has 2 aromatic carbocycles. The van der Waals surface area contributed by atoms with Crippen molar-refractivity contribution in [2.24, 2.45) is 0 Å². The summed E-state index contributed by atoms with van der Waals surface area (Å²) in [6, 6.07) is 19.7. The number of carbonyl (C=O) groups excluding carboxylic acids is 1. The van der Waals surface area contributed by atoms with Crippen LogP contribution in [0.2, 0.25) is 0 Å². The summed E-state index contributed by atoms with van der Waals surface area (Å²) in [5, 5.41) is 6.69. The molecule has 3 heterocycles. The van der Waals surface area contributed by atoms with Crippen molar-refractivity contribution >= 4 is 28.6 Å². The first-order valence-electron chi connectivity index (χ1n) is 12.8. The van der Waals surface area contributed by atoms with Crippen LogP contribution in [0.4, 0.5) is 11.6 Å². The molecule has 0 spiro atoms. The number of para-hydroxylation sites is 3. The molecule has 1 aliphatic heterocycles. The first-order valence-corrected chi connectivity index (χ1v) is 12.8. The monoisotopic (exact) mass is 486 g/mol. The van der Waals surface area contributed by atoms with Crippen molar-refractivity contribution in [3.05, 3.63) is 78.3 Å². The Morgan fingerprint density at radius 2 is 1.83 bits per heavy atom. The van der Waals surface area contributed by atoms with E-state index in [1.165, 1.54) is 0 Å². The van der Waals surface area contributed by atoms with Crippen LogP contribution in [0.5, 0.6) is 0 Å². The highest BCUT2D eigenvalue weighted by Crippen LogP contribution is 2.24. The molecule has 0 radical (unpaired) electrons. The van der Waals surface area contributed by atoms with Gasteiger partial charge < -0.3 is 30.3 Å². The second-order valence-corrected chi connectivity index (χ2v) is 9.40. The van der Waals surface area contributed by atoms with Crippen LogP contribution >= 0.6 is 0 Å². The molecule has 8 nitrogen and oxygen atoms in total. The number of fused-ring (bicyclic) bond motifs is 1.